The largest absolute Gasteiger partial charge is 0.339 e. The van der Waals surface area contributed by atoms with Crippen LogP contribution in [0.15, 0.2) is 95.5 Å². The lowest BCUT2D eigenvalue weighted by Crippen LogP contribution is -2.34. The van der Waals surface area contributed by atoms with Crippen molar-refractivity contribution in [2.45, 2.75) is 19.4 Å². The highest BCUT2D eigenvalue weighted by atomic mass is 35.5. The van der Waals surface area contributed by atoms with Crippen molar-refractivity contribution in [3.8, 4) is 11.4 Å². The van der Waals surface area contributed by atoms with Gasteiger partial charge in [-0.15, -0.1) is 0 Å². The number of nitrogens with zero attached hydrogens (tertiary/aromatic N) is 3. The summed E-state index contributed by atoms with van der Waals surface area (Å²) in [5.41, 5.74) is 2.82. The average Bonchev–Trinajstić information content (AvgIpc) is 3.33. The van der Waals surface area contributed by atoms with Gasteiger partial charge in [-0.25, -0.2) is 0 Å². The number of halogens is 1. The highest BCUT2D eigenvalue weighted by molar-refractivity contribution is 6.30. The summed E-state index contributed by atoms with van der Waals surface area (Å²) >= 11 is 6.07. The van der Waals surface area contributed by atoms with Crippen molar-refractivity contribution in [1.82, 2.24) is 15.0 Å². The smallest absolute Gasteiger partial charge is 0.247 e. The van der Waals surface area contributed by atoms with Gasteiger partial charge in [0, 0.05) is 29.6 Å². The van der Waals surface area contributed by atoms with E-state index in [1.807, 2.05) is 90.7 Å². The Morgan fingerprint density at radius 1 is 1.03 bits per heavy atom. The second-order valence-corrected chi connectivity index (χ2v) is 8.07. The van der Waals surface area contributed by atoms with Crippen LogP contribution in [0.1, 0.15) is 30.0 Å². The average molecular weight is 458 g/mol. The lowest BCUT2D eigenvalue weighted by atomic mass is 10.1. The molecule has 6 heteroatoms. The molecule has 0 aliphatic rings. The van der Waals surface area contributed by atoms with E-state index in [2.05, 4.69) is 10.1 Å². The fourth-order valence-corrected chi connectivity index (χ4v) is 3.74. The molecule has 0 aliphatic carbocycles. The van der Waals surface area contributed by atoms with Crippen LogP contribution in [-0.4, -0.2) is 27.5 Å². The van der Waals surface area contributed by atoms with E-state index in [4.69, 9.17) is 16.1 Å². The Bertz CT molecular complexity index is 1220. The van der Waals surface area contributed by atoms with Gasteiger partial charge in [-0.3, -0.25) is 4.79 Å². The number of benzene rings is 3. The Morgan fingerprint density at radius 3 is 2.48 bits per heavy atom. The third-order valence-corrected chi connectivity index (χ3v) is 5.60. The predicted molar refractivity (Wildman–Crippen MR) is 130 cm³/mol. The molecule has 1 aromatic heterocycles. The van der Waals surface area contributed by atoms with Crippen LogP contribution >= 0.6 is 11.6 Å². The van der Waals surface area contributed by atoms with Crippen LogP contribution in [0.25, 0.3) is 17.5 Å². The number of hydrogen-bond donors (Lipinski definition) is 0. The van der Waals surface area contributed by atoms with Gasteiger partial charge >= 0.3 is 0 Å². The number of hydrogen-bond acceptors (Lipinski definition) is 4. The minimum atomic E-state index is -0.116. The van der Waals surface area contributed by atoms with E-state index in [-0.39, 0.29) is 11.9 Å². The fraction of sp³-hybridized carbons (Fsp3) is 0.148. The minimum Gasteiger partial charge on any atom is -0.339 e. The first-order valence-electron chi connectivity index (χ1n) is 10.8. The van der Waals surface area contributed by atoms with Crippen LogP contribution in [-0.2, 0) is 11.2 Å². The summed E-state index contributed by atoms with van der Waals surface area (Å²) < 4.78 is 5.44. The number of carbonyl (C=O) groups is 1. The van der Waals surface area contributed by atoms with Gasteiger partial charge < -0.3 is 9.42 Å². The van der Waals surface area contributed by atoms with Gasteiger partial charge in [0.25, 0.3) is 0 Å². The number of rotatable bonds is 8. The van der Waals surface area contributed by atoms with Crippen molar-refractivity contribution in [2.75, 3.05) is 6.54 Å². The lowest BCUT2D eigenvalue weighted by Gasteiger charge is -2.28. The molecule has 0 N–H and O–H groups in total. The third kappa shape index (κ3) is 5.96. The van der Waals surface area contributed by atoms with Crippen molar-refractivity contribution in [2.24, 2.45) is 0 Å². The zero-order valence-electron chi connectivity index (χ0n) is 18.3. The molecule has 0 fully saturated rings. The predicted octanol–water partition coefficient (Wildman–Crippen LogP) is 6.24. The maximum Gasteiger partial charge on any atom is 0.247 e. The Morgan fingerprint density at radius 2 is 1.76 bits per heavy atom. The monoisotopic (exact) mass is 457 g/mol. The molecule has 0 saturated carbocycles. The highest BCUT2D eigenvalue weighted by Gasteiger charge is 2.21. The molecule has 4 rings (SSSR count). The molecule has 0 radical (unpaired) electrons. The summed E-state index contributed by atoms with van der Waals surface area (Å²) in [6, 6.07) is 26.9. The van der Waals surface area contributed by atoms with E-state index >= 15 is 0 Å². The topological polar surface area (TPSA) is 59.2 Å². The van der Waals surface area contributed by atoms with Crippen molar-refractivity contribution in [3.63, 3.8) is 0 Å². The van der Waals surface area contributed by atoms with E-state index < -0.39 is 0 Å². The molecular weight excluding hydrogens is 434 g/mol. The first-order valence-corrected chi connectivity index (χ1v) is 11.1. The summed E-state index contributed by atoms with van der Waals surface area (Å²) in [4.78, 5) is 19.5. The number of carbonyl (C=O) groups excluding carboxylic acids is 1. The molecule has 1 heterocycles. The zero-order chi connectivity index (χ0) is 23.0. The molecule has 1 atom stereocenters. The van der Waals surface area contributed by atoms with Gasteiger partial charge in [0.15, 0.2) is 0 Å². The fourth-order valence-electron chi connectivity index (χ4n) is 3.55. The third-order valence-electron chi connectivity index (χ3n) is 5.37. The molecule has 5 nitrogen and oxygen atoms in total. The van der Waals surface area contributed by atoms with E-state index in [1.54, 1.807) is 18.2 Å². The minimum absolute atomic E-state index is 0.0789. The van der Waals surface area contributed by atoms with Gasteiger partial charge in [0.05, 0.1) is 6.04 Å². The Hall–Kier alpha value is -3.70. The molecule has 0 saturated heterocycles. The van der Waals surface area contributed by atoms with Gasteiger partial charge in [-0.2, -0.15) is 4.98 Å². The Kier molecular flexibility index (Phi) is 7.33. The first kappa shape index (κ1) is 22.5. The van der Waals surface area contributed by atoms with Crippen LogP contribution in [0, 0.1) is 0 Å². The summed E-state index contributed by atoms with van der Waals surface area (Å²) in [6.45, 7) is 2.46. The quantitative estimate of drug-likeness (QED) is 0.294. The normalized spacial score (nSPS) is 12.1. The van der Waals surface area contributed by atoms with E-state index in [1.165, 1.54) is 0 Å². The molecule has 0 spiro atoms. The van der Waals surface area contributed by atoms with Crippen LogP contribution in [0.2, 0.25) is 5.02 Å². The lowest BCUT2D eigenvalue weighted by molar-refractivity contribution is -0.128. The van der Waals surface area contributed by atoms with Crippen LogP contribution in [0.3, 0.4) is 0 Å². The van der Waals surface area contributed by atoms with Crippen LogP contribution in [0.5, 0.6) is 0 Å². The number of aromatic nitrogens is 2. The Labute approximate surface area is 198 Å². The van der Waals surface area contributed by atoms with Crippen molar-refractivity contribution >= 4 is 23.6 Å². The van der Waals surface area contributed by atoms with Gasteiger partial charge in [-0.1, -0.05) is 89.6 Å². The van der Waals surface area contributed by atoms with Crippen molar-refractivity contribution in [3.05, 3.63) is 113 Å². The number of amides is 1. The summed E-state index contributed by atoms with van der Waals surface area (Å²) in [5.74, 6) is 0.866. The molecule has 33 heavy (non-hydrogen) atoms. The molecule has 0 unspecified atom stereocenters. The van der Waals surface area contributed by atoms with E-state index in [0.717, 1.165) is 16.7 Å². The van der Waals surface area contributed by atoms with Gasteiger partial charge in [0.2, 0.25) is 17.6 Å². The summed E-state index contributed by atoms with van der Waals surface area (Å²) in [6.07, 6.45) is 3.88. The molecule has 0 bridgehead atoms. The Balaban J connectivity index is 1.51. The second kappa shape index (κ2) is 10.7. The molecule has 4 aromatic rings. The summed E-state index contributed by atoms with van der Waals surface area (Å²) in [5, 5.41) is 4.68. The first-order chi connectivity index (χ1) is 16.1. The highest BCUT2D eigenvalue weighted by Crippen LogP contribution is 2.23. The van der Waals surface area contributed by atoms with Crippen molar-refractivity contribution in [1.29, 1.82) is 0 Å². The molecular formula is C27H24ClN3O2. The van der Waals surface area contributed by atoms with Gasteiger partial charge in [-0.05, 0) is 36.3 Å². The maximum atomic E-state index is 13.2. The maximum absolute atomic E-state index is 13.2. The van der Waals surface area contributed by atoms with Crippen LogP contribution in [0.4, 0.5) is 0 Å². The molecule has 166 valence electrons. The van der Waals surface area contributed by atoms with Gasteiger partial charge in [0.1, 0.15) is 0 Å². The summed E-state index contributed by atoms with van der Waals surface area (Å²) in [7, 11) is 0. The zero-order valence-corrected chi connectivity index (χ0v) is 19.0. The molecule has 3 aromatic carbocycles. The molecule has 1 amide bonds. The second-order valence-electron chi connectivity index (χ2n) is 7.63. The standard InChI is InChI=1S/C27H24ClN3O2/c1-20(22-11-6-3-7-12-22)31(26(32)16-15-21-9-4-2-5-10-21)18-17-25-29-27(30-33-25)23-13-8-14-24(28)19-23/h2-16,19-20H,17-18H2,1H3/b16-15+/t20-/m1/s1. The molecule has 0 aliphatic heterocycles. The van der Waals surface area contributed by atoms with E-state index in [0.29, 0.717) is 29.7 Å². The SMILES string of the molecule is C[C@H](c1ccccc1)N(CCc1nc(-c2cccc(Cl)c2)no1)C(=O)/C=C/c1ccccc1. The van der Waals surface area contributed by atoms with Crippen molar-refractivity contribution < 1.29 is 9.32 Å². The van der Waals surface area contributed by atoms with E-state index in [9.17, 15) is 4.79 Å². The van der Waals surface area contributed by atoms with Crippen LogP contribution < -0.4 is 0 Å².